The first-order chi connectivity index (χ1) is 11.9. The van der Waals surface area contributed by atoms with E-state index in [0.29, 0.717) is 12.4 Å². The smallest absolute Gasteiger partial charge is 0.247 e. The number of carbonyl (C=O) groups excluding carboxylic acids is 1. The monoisotopic (exact) mass is 344 g/mol. The van der Waals surface area contributed by atoms with Crippen molar-refractivity contribution < 1.29 is 9.53 Å². The SMILES string of the molecule is CC1(c2ncc(CNC(=O)C(C)(C)n3cncn3)cn2)CCCCO1. The number of nitrogens with zero attached hydrogens (tertiary/aromatic N) is 5. The summed E-state index contributed by atoms with van der Waals surface area (Å²) in [4.78, 5) is 25.2. The number of aromatic nitrogens is 5. The molecule has 2 aromatic heterocycles. The maximum absolute atomic E-state index is 12.4. The number of rotatable bonds is 5. The van der Waals surface area contributed by atoms with E-state index in [0.717, 1.165) is 31.4 Å². The lowest BCUT2D eigenvalue weighted by Gasteiger charge is -2.32. The van der Waals surface area contributed by atoms with Gasteiger partial charge in [0.2, 0.25) is 5.91 Å². The van der Waals surface area contributed by atoms with E-state index in [1.807, 2.05) is 6.92 Å². The molecule has 25 heavy (non-hydrogen) atoms. The van der Waals surface area contributed by atoms with Crippen LogP contribution in [0.25, 0.3) is 0 Å². The van der Waals surface area contributed by atoms with E-state index in [-0.39, 0.29) is 5.91 Å². The van der Waals surface area contributed by atoms with E-state index < -0.39 is 11.1 Å². The van der Waals surface area contributed by atoms with Crippen LogP contribution in [-0.4, -0.2) is 37.2 Å². The Labute approximate surface area is 147 Å². The van der Waals surface area contributed by atoms with Crippen LogP contribution in [0.15, 0.2) is 25.0 Å². The van der Waals surface area contributed by atoms with Crippen LogP contribution in [0.3, 0.4) is 0 Å². The molecule has 0 aliphatic carbocycles. The third-order valence-corrected chi connectivity index (χ3v) is 4.65. The normalized spacial score (nSPS) is 21.1. The molecule has 0 radical (unpaired) electrons. The summed E-state index contributed by atoms with van der Waals surface area (Å²) in [5.74, 6) is 0.551. The molecule has 1 N–H and O–H groups in total. The first-order valence-corrected chi connectivity index (χ1v) is 8.50. The van der Waals surface area contributed by atoms with E-state index in [1.54, 1.807) is 26.2 Å². The zero-order valence-electron chi connectivity index (χ0n) is 14.9. The lowest BCUT2D eigenvalue weighted by Crippen LogP contribution is -2.44. The standard InChI is InChI=1S/C17H24N6O2/c1-16(2,23-12-18-11-22-23)15(24)21-10-13-8-19-14(20-9-13)17(3)6-4-5-7-25-17/h8-9,11-12H,4-7,10H2,1-3H3,(H,21,24). The summed E-state index contributed by atoms with van der Waals surface area (Å²) < 4.78 is 7.40. The van der Waals surface area contributed by atoms with Crippen molar-refractivity contribution in [3.8, 4) is 0 Å². The Kier molecular flexibility index (Phi) is 4.80. The molecule has 1 unspecified atom stereocenters. The highest BCUT2D eigenvalue weighted by atomic mass is 16.5. The Morgan fingerprint density at radius 2 is 2.12 bits per heavy atom. The Balaban J connectivity index is 1.61. The van der Waals surface area contributed by atoms with Gasteiger partial charge in [0.25, 0.3) is 0 Å². The molecule has 0 bridgehead atoms. The molecule has 1 fully saturated rings. The van der Waals surface area contributed by atoms with E-state index in [4.69, 9.17) is 4.74 Å². The molecule has 8 heteroatoms. The second-order valence-electron chi connectivity index (χ2n) is 7.03. The Morgan fingerprint density at radius 3 is 2.72 bits per heavy atom. The predicted molar refractivity (Wildman–Crippen MR) is 90.4 cm³/mol. The second kappa shape index (κ2) is 6.87. The van der Waals surface area contributed by atoms with Crippen LogP contribution in [0, 0.1) is 0 Å². The van der Waals surface area contributed by atoms with Gasteiger partial charge >= 0.3 is 0 Å². The summed E-state index contributed by atoms with van der Waals surface area (Å²) >= 11 is 0. The highest BCUT2D eigenvalue weighted by molar-refractivity contribution is 5.83. The molecule has 134 valence electrons. The zero-order valence-corrected chi connectivity index (χ0v) is 14.9. The highest BCUT2D eigenvalue weighted by Gasteiger charge is 2.33. The third-order valence-electron chi connectivity index (χ3n) is 4.65. The van der Waals surface area contributed by atoms with Crippen molar-refractivity contribution >= 4 is 5.91 Å². The summed E-state index contributed by atoms with van der Waals surface area (Å²) in [7, 11) is 0. The van der Waals surface area contributed by atoms with Crippen molar-refractivity contribution in [1.82, 2.24) is 30.0 Å². The maximum atomic E-state index is 12.4. The summed E-state index contributed by atoms with van der Waals surface area (Å²) in [6.45, 7) is 6.71. The fraction of sp³-hybridized carbons (Fsp3) is 0.588. The predicted octanol–water partition coefficient (Wildman–Crippen LogP) is 1.54. The zero-order chi connectivity index (χ0) is 17.9. The molecule has 8 nitrogen and oxygen atoms in total. The fourth-order valence-electron chi connectivity index (χ4n) is 2.83. The van der Waals surface area contributed by atoms with Gasteiger partial charge in [-0.15, -0.1) is 0 Å². The molecule has 0 aromatic carbocycles. The molecule has 3 heterocycles. The molecular formula is C17H24N6O2. The average molecular weight is 344 g/mol. The summed E-state index contributed by atoms with van der Waals surface area (Å²) in [6, 6.07) is 0. The van der Waals surface area contributed by atoms with Gasteiger partial charge in [-0.05, 0) is 40.0 Å². The van der Waals surface area contributed by atoms with E-state index >= 15 is 0 Å². The van der Waals surface area contributed by atoms with E-state index in [1.165, 1.54) is 17.3 Å². The van der Waals surface area contributed by atoms with Gasteiger partial charge in [0, 0.05) is 31.1 Å². The number of hydrogen-bond acceptors (Lipinski definition) is 6. The van der Waals surface area contributed by atoms with E-state index in [9.17, 15) is 4.79 Å². The van der Waals surface area contributed by atoms with Gasteiger partial charge in [0.05, 0.1) is 0 Å². The molecule has 2 aromatic rings. The van der Waals surface area contributed by atoms with Crippen molar-refractivity contribution in [3.05, 3.63) is 36.4 Å². The molecule has 0 saturated carbocycles. The summed E-state index contributed by atoms with van der Waals surface area (Å²) in [6.07, 6.45) is 9.56. The minimum atomic E-state index is -0.819. The largest absolute Gasteiger partial charge is 0.367 e. The molecule has 1 aliphatic heterocycles. The molecule has 1 saturated heterocycles. The molecule has 1 atom stereocenters. The Morgan fingerprint density at radius 1 is 1.36 bits per heavy atom. The van der Waals surface area contributed by atoms with Crippen molar-refractivity contribution in [3.63, 3.8) is 0 Å². The maximum Gasteiger partial charge on any atom is 0.247 e. The topological polar surface area (TPSA) is 94.8 Å². The number of nitrogens with one attached hydrogen (secondary N) is 1. The molecule has 1 amide bonds. The quantitative estimate of drug-likeness (QED) is 0.884. The summed E-state index contributed by atoms with van der Waals surface area (Å²) in [5, 5.41) is 6.94. The minimum Gasteiger partial charge on any atom is -0.367 e. The van der Waals surface area contributed by atoms with E-state index in [2.05, 4.69) is 25.4 Å². The minimum absolute atomic E-state index is 0.148. The van der Waals surface area contributed by atoms with Crippen LogP contribution < -0.4 is 5.32 Å². The first kappa shape index (κ1) is 17.5. The van der Waals surface area contributed by atoms with Gasteiger partial charge in [0.15, 0.2) is 5.82 Å². The van der Waals surface area contributed by atoms with Gasteiger partial charge in [-0.3, -0.25) is 4.79 Å². The van der Waals surface area contributed by atoms with Gasteiger partial charge in [-0.25, -0.2) is 19.6 Å². The van der Waals surface area contributed by atoms with Crippen LogP contribution in [-0.2, 0) is 27.2 Å². The van der Waals surface area contributed by atoms with Crippen LogP contribution in [0.1, 0.15) is 51.4 Å². The molecule has 1 aliphatic rings. The molecule has 3 rings (SSSR count). The van der Waals surface area contributed by atoms with Crippen molar-refractivity contribution in [1.29, 1.82) is 0 Å². The van der Waals surface area contributed by atoms with Crippen LogP contribution in [0.2, 0.25) is 0 Å². The van der Waals surface area contributed by atoms with Crippen LogP contribution >= 0.6 is 0 Å². The molecular weight excluding hydrogens is 320 g/mol. The number of carbonyl (C=O) groups is 1. The van der Waals surface area contributed by atoms with Gasteiger partial charge < -0.3 is 10.1 Å². The third kappa shape index (κ3) is 3.68. The number of ether oxygens (including phenoxy) is 1. The Bertz CT molecular complexity index is 705. The highest BCUT2D eigenvalue weighted by Crippen LogP contribution is 2.32. The van der Waals surface area contributed by atoms with Gasteiger partial charge in [-0.2, -0.15) is 5.10 Å². The number of hydrogen-bond donors (Lipinski definition) is 1. The second-order valence-corrected chi connectivity index (χ2v) is 7.03. The molecule has 0 spiro atoms. The lowest BCUT2D eigenvalue weighted by atomic mass is 9.95. The number of amides is 1. The summed E-state index contributed by atoms with van der Waals surface area (Å²) in [5.41, 5.74) is -0.388. The van der Waals surface area contributed by atoms with Crippen molar-refractivity contribution in [2.75, 3.05) is 6.61 Å². The van der Waals surface area contributed by atoms with Gasteiger partial charge in [-0.1, -0.05) is 0 Å². The van der Waals surface area contributed by atoms with Gasteiger partial charge in [0.1, 0.15) is 23.8 Å². The van der Waals surface area contributed by atoms with Crippen molar-refractivity contribution in [2.45, 2.75) is 57.7 Å². The lowest BCUT2D eigenvalue weighted by molar-refractivity contribution is -0.129. The average Bonchev–Trinajstić information content (AvgIpc) is 3.16. The van der Waals surface area contributed by atoms with Crippen molar-refractivity contribution in [2.24, 2.45) is 0 Å². The first-order valence-electron chi connectivity index (χ1n) is 8.50. The fourth-order valence-corrected chi connectivity index (χ4v) is 2.83. The van der Waals surface area contributed by atoms with Crippen LogP contribution in [0.5, 0.6) is 0 Å². The van der Waals surface area contributed by atoms with Crippen LogP contribution in [0.4, 0.5) is 0 Å². The Hall–Kier alpha value is -2.35.